The third-order valence-corrected chi connectivity index (χ3v) is 3.13. The van der Waals surface area contributed by atoms with Gasteiger partial charge >= 0.3 is 0 Å². The van der Waals surface area contributed by atoms with Gasteiger partial charge in [0.1, 0.15) is 0 Å². The molecule has 0 saturated carbocycles. The third-order valence-electron chi connectivity index (χ3n) is 3.13. The smallest absolute Gasteiger partial charge is 0.0226 e. The highest BCUT2D eigenvalue weighted by molar-refractivity contribution is 5.08. The van der Waals surface area contributed by atoms with Crippen LogP contribution in [-0.2, 0) is 0 Å². The second-order valence-electron chi connectivity index (χ2n) is 4.83. The second kappa shape index (κ2) is 6.23. The van der Waals surface area contributed by atoms with Crippen LogP contribution in [0.3, 0.4) is 0 Å². The highest BCUT2D eigenvalue weighted by Crippen LogP contribution is 2.24. The van der Waals surface area contributed by atoms with Crippen LogP contribution in [-0.4, -0.2) is 6.04 Å². The molecule has 0 bridgehead atoms. The Bertz CT molecular complexity index is 184. The fourth-order valence-electron chi connectivity index (χ4n) is 2.41. The third kappa shape index (κ3) is 4.28. The van der Waals surface area contributed by atoms with E-state index in [4.69, 9.17) is 5.73 Å². The van der Waals surface area contributed by atoms with E-state index in [2.05, 4.69) is 19.9 Å². The van der Waals surface area contributed by atoms with Crippen molar-refractivity contribution in [3.05, 3.63) is 11.6 Å². The first-order valence-electron chi connectivity index (χ1n) is 6.17. The Morgan fingerprint density at radius 3 is 3.00 bits per heavy atom. The Morgan fingerprint density at radius 2 is 2.29 bits per heavy atom. The second-order valence-corrected chi connectivity index (χ2v) is 4.83. The Morgan fingerprint density at radius 1 is 1.50 bits per heavy atom. The minimum absolute atomic E-state index is 0.335. The van der Waals surface area contributed by atoms with E-state index in [1.807, 2.05) is 0 Å². The molecule has 1 aliphatic rings. The molecule has 0 aromatic rings. The number of allylic oxidation sites excluding steroid dienone is 1. The monoisotopic (exact) mass is 195 g/mol. The molecule has 0 aromatic carbocycles. The summed E-state index contributed by atoms with van der Waals surface area (Å²) >= 11 is 0. The summed E-state index contributed by atoms with van der Waals surface area (Å²) in [6, 6.07) is 0.335. The first-order valence-corrected chi connectivity index (χ1v) is 6.17. The van der Waals surface area contributed by atoms with Gasteiger partial charge in [0.25, 0.3) is 0 Å². The van der Waals surface area contributed by atoms with E-state index in [0.717, 1.165) is 5.92 Å². The summed E-state index contributed by atoms with van der Waals surface area (Å²) in [6.07, 6.45) is 11.4. The van der Waals surface area contributed by atoms with Crippen molar-refractivity contribution < 1.29 is 0 Å². The summed E-state index contributed by atoms with van der Waals surface area (Å²) < 4.78 is 0. The normalized spacial score (nSPS) is 25.4. The zero-order valence-corrected chi connectivity index (χ0v) is 9.76. The molecule has 14 heavy (non-hydrogen) atoms. The van der Waals surface area contributed by atoms with Gasteiger partial charge in [-0.1, -0.05) is 44.8 Å². The first kappa shape index (κ1) is 11.8. The number of hydrogen-bond acceptors (Lipinski definition) is 1. The number of rotatable bonds is 4. The fourth-order valence-corrected chi connectivity index (χ4v) is 2.41. The van der Waals surface area contributed by atoms with E-state index in [-0.39, 0.29) is 0 Å². The molecule has 0 fully saturated rings. The molecule has 1 aliphatic carbocycles. The van der Waals surface area contributed by atoms with Gasteiger partial charge in [0.15, 0.2) is 0 Å². The first-order chi connectivity index (χ1) is 6.72. The Kier molecular flexibility index (Phi) is 5.24. The molecule has 2 N–H and O–H groups in total. The fraction of sp³-hybridized carbons (Fsp3) is 0.846. The van der Waals surface area contributed by atoms with Crippen molar-refractivity contribution in [3.8, 4) is 0 Å². The van der Waals surface area contributed by atoms with Gasteiger partial charge in [0.05, 0.1) is 0 Å². The van der Waals surface area contributed by atoms with Gasteiger partial charge in [-0.3, -0.25) is 0 Å². The predicted molar refractivity (Wildman–Crippen MR) is 63.2 cm³/mol. The van der Waals surface area contributed by atoms with Crippen LogP contribution in [0.2, 0.25) is 0 Å². The summed E-state index contributed by atoms with van der Waals surface area (Å²) in [5.41, 5.74) is 7.62. The van der Waals surface area contributed by atoms with E-state index in [1.165, 1.54) is 44.9 Å². The Balaban J connectivity index is 2.40. The molecule has 1 nitrogen and oxygen atoms in total. The average molecular weight is 195 g/mol. The van der Waals surface area contributed by atoms with Gasteiger partial charge in [-0.15, -0.1) is 0 Å². The van der Waals surface area contributed by atoms with Gasteiger partial charge < -0.3 is 5.73 Å². The molecule has 0 aromatic heterocycles. The van der Waals surface area contributed by atoms with Gasteiger partial charge in [0, 0.05) is 6.04 Å². The predicted octanol–water partition coefficient (Wildman–Crippen LogP) is 3.64. The van der Waals surface area contributed by atoms with Crippen LogP contribution in [0.15, 0.2) is 11.6 Å². The Labute approximate surface area is 88.8 Å². The summed E-state index contributed by atoms with van der Waals surface area (Å²) in [6.45, 7) is 4.63. The molecule has 1 heteroatoms. The van der Waals surface area contributed by atoms with E-state index >= 15 is 0 Å². The minimum atomic E-state index is 0.335. The molecule has 2 unspecified atom stereocenters. The van der Waals surface area contributed by atoms with Crippen LogP contribution in [0.1, 0.15) is 58.8 Å². The SMILES string of the molecule is CCCC(C)CC1=CC(N)CCCC1. The van der Waals surface area contributed by atoms with E-state index in [9.17, 15) is 0 Å². The zero-order chi connectivity index (χ0) is 10.4. The van der Waals surface area contributed by atoms with Crippen LogP contribution < -0.4 is 5.73 Å². The molecule has 0 amide bonds. The number of hydrogen-bond donors (Lipinski definition) is 1. The van der Waals surface area contributed by atoms with Gasteiger partial charge in [0.2, 0.25) is 0 Å². The largest absolute Gasteiger partial charge is 0.324 e. The van der Waals surface area contributed by atoms with E-state index in [1.54, 1.807) is 5.57 Å². The van der Waals surface area contributed by atoms with Crippen molar-refractivity contribution in [1.82, 2.24) is 0 Å². The lowest BCUT2D eigenvalue weighted by Gasteiger charge is -2.13. The lowest BCUT2D eigenvalue weighted by atomic mass is 9.94. The van der Waals surface area contributed by atoms with Gasteiger partial charge in [-0.05, 0) is 31.6 Å². The highest BCUT2D eigenvalue weighted by Gasteiger charge is 2.10. The van der Waals surface area contributed by atoms with Crippen LogP contribution in [0.5, 0.6) is 0 Å². The summed E-state index contributed by atoms with van der Waals surface area (Å²) in [7, 11) is 0. The van der Waals surface area contributed by atoms with E-state index < -0.39 is 0 Å². The topological polar surface area (TPSA) is 26.0 Å². The Hall–Kier alpha value is -0.300. The molecule has 0 radical (unpaired) electrons. The molecule has 0 spiro atoms. The van der Waals surface area contributed by atoms with Crippen molar-refractivity contribution in [2.75, 3.05) is 0 Å². The maximum atomic E-state index is 6.00. The molecule has 0 saturated heterocycles. The molecule has 2 atom stereocenters. The van der Waals surface area contributed by atoms with Gasteiger partial charge in [-0.2, -0.15) is 0 Å². The van der Waals surface area contributed by atoms with E-state index in [0.29, 0.717) is 6.04 Å². The van der Waals surface area contributed by atoms with Crippen molar-refractivity contribution in [2.24, 2.45) is 11.7 Å². The molecule has 0 aliphatic heterocycles. The van der Waals surface area contributed by atoms with Crippen molar-refractivity contribution >= 4 is 0 Å². The molecule has 1 rings (SSSR count). The average Bonchev–Trinajstić information content (AvgIpc) is 2.30. The maximum absolute atomic E-state index is 6.00. The summed E-state index contributed by atoms with van der Waals surface area (Å²) in [5.74, 6) is 0.844. The van der Waals surface area contributed by atoms with Crippen molar-refractivity contribution in [3.63, 3.8) is 0 Å². The molecule has 82 valence electrons. The standard InChI is InChI=1S/C13H25N/c1-3-6-11(2)9-12-7-4-5-8-13(14)10-12/h10-11,13H,3-9,14H2,1-2H3. The zero-order valence-electron chi connectivity index (χ0n) is 9.76. The molecule has 0 heterocycles. The lowest BCUT2D eigenvalue weighted by molar-refractivity contribution is 0.510. The van der Waals surface area contributed by atoms with Crippen molar-refractivity contribution in [1.29, 1.82) is 0 Å². The van der Waals surface area contributed by atoms with Crippen LogP contribution in [0.25, 0.3) is 0 Å². The summed E-state index contributed by atoms with van der Waals surface area (Å²) in [5, 5.41) is 0. The highest BCUT2D eigenvalue weighted by atomic mass is 14.6. The van der Waals surface area contributed by atoms with Crippen LogP contribution in [0.4, 0.5) is 0 Å². The maximum Gasteiger partial charge on any atom is 0.0226 e. The summed E-state index contributed by atoms with van der Waals surface area (Å²) in [4.78, 5) is 0. The molecular formula is C13H25N. The molecular weight excluding hydrogens is 170 g/mol. The van der Waals surface area contributed by atoms with Crippen LogP contribution >= 0.6 is 0 Å². The number of nitrogens with two attached hydrogens (primary N) is 1. The quantitative estimate of drug-likeness (QED) is 0.681. The lowest BCUT2D eigenvalue weighted by Crippen LogP contribution is -2.16. The van der Waals surface area contributed by atoms with Crippen molar-refractivity contribution in [2.45, 2.75) is 64.8 Å². The minimum Gasteiger partial charge on any atom is -0.324 e. The van der Waals surface area contributed by atoms with Crippen LogP contribution in [0, 0.1) is 5.92 Å². The van der Waals surface area contributed by atoms with Gasteiger partial charge in [-0.25, -0.2) is 0 Å².